The van der Waals surface area contributed by atoms with E-state index in [1.165, 1.54) is 37.3 Å². The van der Waals surface area contributed by atoms with Crippen LogP contribution in [0, 0.1) is 10.1 Å². The molecule has 1 aromatic rings. The molecular formula is C13H18N2O5. The molecular weight excluding hydrogens is 264 g/mol. The summed E-state index contributed by atoms with van der Waals surface area (Å²) < 4.78 is 5.02. The minimum atomic E-state index is -1.10. The van der Waals surface area contributed by atoms with E-state index in [1.54, 1.807) is 13.8 Å². The molecule has 0 heterocycles. The number of benzene rings is 1. The van der Waals surface area contributed by atoms with Crippen LogP contribution < -0.4 is 4.74 Å². The number of amides is 1. The number of nitro groups is 1. The van der Waals surface area contributed by atoms with Crippen LogP contribution in [-0.4, -0.2) is 47.1 Å². The van der Waals surface area contributed by atoms with Crippen LogP contribution in [0.4, 0.5) is 5.69 Å². The van der Waals surface area contributed by atoms with Crippen LogP contribution in [0.2, 0.25) is 0 Å². The van der Waals surface area contributed by atoms with Gasteiger partial charge in [-0.05, 0) is 19.9 Å². The summed E-state index contributed by atoms with van der Waals surface area (Å²) in [5, 5.41) is 20.8. The van der Waals surface area contributed by atoms with Gasteiger partial charge in [0.1, 0.15) is 5.75 Å². The van der Waals surface area contributed by atoms with Crippen LogP contribution >= 0.6 is 0 Å². The van der Waals surface area contributed by atoms with Crippen molar-refractivity contribution in [3.05, 3.63) is 33.9 Å². The summed E-state index contributed by atoms with van der Waals surface area (Å²) in [5.74, 6) is -0.442. The summed E-state index contributed by atoms with van der Waals surface area (Å²) in [6.45, 7) is 3.14. The maximum atomic E-state index is 12.4. The number of nitro benzene ring substituents is 1. The second-order valence-corrected chi connectivity index (χ2v) is 5.09. The van der Waals surface area contributed by atoms with Crippen LogP contribution in [-0.2, 0) is 0 Å². The summed E-state index contributed by atoms with van der Waals surface area (Å²) in [4.78, 5) is 24.0. The second kappa shape index (κ2) is 5.87. The van der Waals surface area contributed by atoms with Gasteiger partial charge in [-0.1, -0.05) is 6.07 Å². The molecule has 0 atom stereocenters. The number of methoxy groups -OCH3 is 1. The average Bonchev–Trinajstić information content (AvgIpc) is 2.34. The lowest BCUT2D eigenvalue weighted by Crippen LogP contribution is -2.40. The molecule has 1 amide bonds. The summed E-state index contributed by atoms with van der Waals surface area (Å²) in [7, 11) is 2.81. The van der Waals surface area contributed by atoms with Crippen LogP contribution in [0.3, 0.4) is 0 Å². The molecule has 0 aromatic heterocycles. The topological polar surface area (TPSA) is 92.9 Å². The van der Waals surface area contributed by atoms with Crippen molar-refractivity contribution in [2.24, 2.45) is 0 Å². The zero-order valence-corrected chi connectivity index (χ0v) is 11.9. The first-order valence-corrected chi connectivity index (χ1v) is 5.96. The quantitative estimate of drug-likeness (QED) is 0.651. The highest BCUT2D eigenvalue weighted by molar-refractivity contribution is 6.00. The molecule has 20 heavy (non-hydrogen) atoms. The summed E-state index contributed by atoms with van der Waals surface area (Å²) in [6.07, 6.45) is 0. The van der Waals surface area contributed by atoms with E-state index in [9.17, 15) is 20.0 Å². The molecule has 1 rings (SSSR count). The van der Waals surface area contributed by atoms with Crippen LogP contribution in [0.25, 0.3) is 0 Å². The normalized spacial score (nSPS) is 11.1. The number of hydrogen-bond acceptors (Lipinski definition) is 5. The van der Waals surface area contributed by atoms with Gasteiger partial charge in [-0.2, -0.15) is 0 Å². The number of ether oxygens (including phenoxy) is 1. The Morgan fingerprint density at radius 2 is 2.10 bits per heavy atom. The third-order valence-electron chi connectivity index (χ3n) is 2.61. The van der Waals surface area contributed by atoms with Gasteiger partial charge in [0, 0.05) is 19.7 Å². The number of nitrogens with zero attached hydrogens (tertiary/aromatic N) is 2. The molecule has 0 saturated heterocycles. The Morgan fingerprint density at radius 1 is 1.50 bits per heavy atom. The Hall–Kier alpha value is -2.15. The van der Waals surface area contributed by atoms with Crippen molar-refractivity contribution in [1.29, 1.82) is 0 Å². The fraction of sp³-hybridized carbons (Fsp3) is 0.462. The molecule has 0 unspecified atom stereocenters. The van der Waals surface area contributed by atoms with Gasteiger partial charge in [0.15, 0.2) is 5.56 Å². The van der Waals surface area contributed by atoms with Gasteiger partial charge >= 0.3 is 0 Å². The van der Waals surface area contributed by atoms with Crippen LogP contribution in [0.15, 0.2) is 18.2 Å². The van der Waals surface area contributed by atoms with Gasteiger partial charge in [-0.3, -0.25) is 14.9 Å². The fourth-order valence-corrected chi connectivity index (χ4v) is 1.90. The smallest absolute Gasteiger partial charge is 0.285 e. The van der Waals surface area contributed by atoms with E-state index in [1.807, 2.05) is 0 Å². The molecule has 1 aromatic carbocycles. The van der Waals surface area contributed by atoms with E-state index in [4.69, 9.17) is 4.74 Å². The molecule has 0 aliphatic carbocycles. The van der Waals surface area contributed by atoms with Crippen molar-refractivity contribution < 1.29 is 19.6 Å². The Labute approximate surface area is 116 Å². The highest BCUT2D eigenvalue weighted by atomic mass is 16.6. The lowest BCUT2D eigenvalue weighted by atomic mass is 10.1. The number of carbonyl (C=O) groups excluding carboxylic acids is 1. The molecule has 0 aliphatic heterocycles. The first-order chi connectivity index (χ1) is 9.17. The van der Waals surface area contributed by atoms with E-state index < -0.39 is 16.4 Å². The zero-order chi connectivity index (χ0) is 15.5. The number of carbonyl (C=O) groups is 1. The molecule has 0 saturated carbocycles. The van der Waals surface area contributed by atoms with Gasteiger partial charge in [-0.25, -0.2) is 0 Å². The summed E-state index contributed by atoms with van der Waals surface area (Å²) in [6, 6.07) is 4.18. The predicted molar refractivity (Wildman–Crippen MR) is 72.9 cm³/mol. The third kappa shape index (κ3) is 3.67. The summed E-state index contributed by atoms with van der Waals surface area (Å²) in [5.41, 5.74) is -1.54. The molecule has 7 heteroatoms. The van der Waals surface area contributed by atoms with Gasteiger partial charge in [-0.15, -0.1) is 0 Å². The predicted octanol–water partition coefficient (Wildman–Crippen LogP) is 1.45. The van der Waals surface area contributed by atoms with Crippen molar-refractivity contribution in [2.45, 2.75) is 19.4 Å². The molecule has 0 bridgehead atoms. The zero-order valence-electron chi connectivity index (χ0n) is 11.9. The molecule has 110 valence electrons. The fourth-order valence-electron chi connectivity index (χ4n) is 1.90. The van der Waals surface area contributed by atoms with Gasteiger partial charge in [0.25, 0.3) is 11.6 Å². The number of rotatable bonds is 5. The largest absolute Gasteiger partial charge is 0.496 e. The highest BCUT2D eigenvalue weighted by Crippen LogP contribution is 2.29. The maximum absolute atomic E-state index is 12.4. The minimum Gasteiger partial charge on any atom is -0.496 e. The van der Waals surface area contributed by atoms with E-state index in [-0.39, 0.29) is 23.5 Å². The van der Waals surface area contributed by atoms with Crippen molar-refractivity contribution in [1.82, 2.24) is 4.90 Å². The van der Waals surface area contributed by atoms with Crippen molar-refractivity contribution in [3.8, 4) is 5.75 Å². The van der Waals surface area contributed by atoms with E-state index in [0.717, 1.165) is 0 Å². The van der Waals surface area contributed by atoms with Crippen molar-refractivity contribution in [2.75, 3.05) is 20.7 Å². The monoisotopic (exact) mass is 282 g/mol. The first kappa shape index (κ1) is 15.9. The second-order valence-electron chi connectivity index (χ2n) is 5.09. The Kier molecular flexibility index (Phi) is 4.67. The Bertz CT molecular complexity index is 522. The van der Waals surface area contributed by atoms with Crippen molar-refractivity contribution in [3.63, 3.8) is 0 Å². The highest BCUT2D eigenvalue weighted by Gasteiger charge is 2.29. The number of hydrogen-bond donors (Lipinski definition) is 1. The SMILES string of the molecule is COc1cccc([N+](=O)[O-])c1C(=O)N(C)CC(C)(C)O. The van der Waals surface area contributed by atoms with E-state index >= 15 is 0 Å². The van der Waals surface area contributed by atoms with E-state index in [0.29, 0.717) is 0 Å². The van der Waals surface area contributed by atoms with Gasteiger partial charge in [0.2, 0.25) is 0 Å². The number of aliphatic hydroxyl groups is 1. The van der Waals surface area contributed by atoms with Gasteiger partial charge < -0.3 is 14.7 Å². The molecule has 7 nitrogen and oxygen atoms in total. The molecule has 0 fully saturated rings. The minimum absolute atomic E-state index is 0.0427. The van der Waals surface area contributed by atoms with Crippen LogP contribution in [0.1, 0.15) is 24.2 Å². The molecule has 0 spiro atoms. The third-order valence-corrected chi connectivity index (χ3v) is 2.61. The maximum Gasteiger partial charge on any atom is 0.285 e. The lowest BCUT2D eigenvalue weighted by Gasteiger charge is -2.25. The van der Waals surface area contributed by atoms with E-state index in [2.05, 4.69) is 0 Å². The number of likely N-dealkylation sites (N-methyl/N-ethyl adjacent to an activating group) is 1. The molecule has 1 N–H and O–H groups in total. The summed E-state index contributed by atoms with van der Waals surface area (Å²) >= 11 is 0. The molecule has 0 radical (unpaired) electrons. The average molecular weight is 282 g/mol. The lowest BCUT2D eigenvalue weighted by molar-refractivity contribution is -0.385. The molecule has 0 aliphatic rings. The standard InChI is InChI=1S/C13H18N2O5/c1-13(2,17)8-14(3)12(16)11-9(15(18)19)6-5-7-10(11)20-4/h5-7,17H,8H2,1-4H3. The first-order valence-electron chi connectivity index (χ1n) is 5.96. The van der Waals surface area contributed by atoms with Gasteiger partial charge in [0.05, 0.1) is 17.6 Å². The van der Waals surface area contributed by atoms with Crippen LogP contribution in [0.5, 0.6) is 5.75 Å². The van der Waals surface area contributed by atoms with Crippen molar-refractivity contribution >= 4 is 11.6 Å². The Balaban J connectivity index is 3.23. The Morgan fingerprint density at radius 3 is 2.55 bits per heavy atom.